The smallest absolute Gasteiger partial charge is 0.163 e. The van der Waals surface area contributed by atoms with Crippen molar-refractivity contribution < 1.29 is 20.1 Å². The molecule has 0 aliphatic rings. The molecule has 2 aromatic carbocycles. The minimum atomic E-state index is 0. The standard InChI is InChI=1S/C11H7N4.C11H12N2.Ir/c1-2-4-9-8(3-1)14-11(15-9)10-7-12-5-6-13-10;1-10-3-5-11(6-4-10)13-8-7-12(2)9-13;/h1-7H;3-5,7-9H,1-2H3;/q-1;;. The number of rotatable bonds is 2. The number of benzene rings is 2. The first-order valence-electron chi connectivity index (χ1n) is 8.87. The molecule has 0 fully saturated rings. The summed E-state index contributed by atoms with van der Waals surface area (Å²) in [6.45, 7) is 2.07. The monoisotopic (exact) mass is 560 g/mol. The molecule has 3 heterocycles. The second-order valence-corrected chi connectivity index (χ2v) is 6.36. The quantitative estimate of drug-likeness (QED) is 0.309. The van der Waals surface area contributed by atoms with Crippen molar-refractivity contribution in [3.8, 4) is 17.2 Å². The van der Waals surface area contributed by atoms with Gasteiger partial charge in [0, 0.05) is 45.2 Å². The van der Waals surface area contributed by atoms with E-state index in [1.807, 2.05) is 65.2 Å². The van der Waals surface area contributed by atoms with Crippen LogP contribution in [0.2, 0.25) is 0 Å². The zero-order valence-electron chi connectivity index (χ0n) is 16.0. The van der Waals surface area contributed by atoms with Gasteiger partial charge in [-0.15, -0.1) is 12.1 Å². The van der Waals surface area contributed by atoms with Gasteiger partial charge in [-0.3, -0.25) is 14.5 Å². The summed E-state index contributed by atoms with van der Waals surface area (Å²) in [4.78, 5) is 16.9. The van der Waals surface area contributed by atoms with E-state index < -0.39 is 0 Å². The van der Waals surface area contributed by atoms with Crippen LogP contribution in [0.3, 0.4) is 0 Å². The predicted octanol–water partition coefficient (Wildman–Crippen LogP) is 3.85. The topological polar surface area (TPSA) is 62.6 Å². The molecule has 1 radical (unpaired) electrons. The van der Waals surface area contributed by atoms with Crippen LogP contribution < -0.4 is 4.98 Å². The van der Waals surface area contributed by atoms with E-state index >= 15 is 0 Å². The predicted molar refractivity (Wildman–Crippen MR) is 109 cm³/mol. The van der Waals surface area contributed by atoms with Crippen molar-refractivity contribution in [2.75, 3.05) is 0 Å². The van der Waals surface area contributed by atoms with Gasteiger partial charge in [0.1, 0.15) is 12.4 Å². The van der Waals surface area contributed by atoms with Crippen molar-refractivity contribution in [3.63, 3.8) is 0 Å². The third-order valence-corrected chi connectivity index (χ3v) is 4.13. The molecule has 0 spiro atoms. The van der Waals surface area contributed by atoms with Crippen LogP contribution in [0.5, 0.6) is 0 Å². The van der Waals surface area contributed by atoms with Crippen molar-refractivity contribution in [1.29, 1.82) is 0 Å². The average molecular weight is 560 g/mol. The molecule has 29 heavy (non-hydrogen) atoms. The molecule has 5 rings (SSSR count). The number of hydrogen-bond donors (Lipinski definition) is 0. The van der Waals surface area contributed by atoms with Crippen LogP contribution in [-0.4, -0.2) is 24.1 Å². The van der Waals surface area contributed by atoms with E-state index in [0.29, 0.717) is 11.5 Å². The van der Waals surface area contributed by atoms with Gasteiger partial charge >= 0.3 is 0 Å². The summed E-state index contributed by atoms with van der Waals surface area (Å²) in [5, 5.41) is 0. The number of fused-ring (bicyclic) bond motifs is 1. The first-order chi connectivity index (χ1) is 13.7. The van der Waals surface area contributed by atoms with E-state index in [4.69, 9.17) is 0 Å². The maximum atomic E-state index is 4.37. The minimum absolute atomic E-state index is 0. The first kappa shape index (κ1) is 20.6. The fourth-order valence-corrected chi connectivity index (χ4v) is 2.68. The molecular weight excluding hydrogens is 541 g/mol. The van der Waals surface area contributed by atoms with Gasteiger partial charge in [0.15, 0.2) is 6.33 Å². The molecule has 0 bridgehead atoms. The minimum Gasteiger partial charge on any atom is -0.434 e. The molecule has 5 aromatic rings. The van der Waals surface area contributed by atoms with Crippen molar-refractivity contribution in [2.24, 2.45) is 7.05 Å². The Kier molecular flexibility index (Phi) is 6.65. The van der Waals surface area contributed by atoms with Crippen molar-refractivity contribution >= 4 is 11.0 Å². The Morgan fingerprint density at radius 1 is 1.07 bits per heavy atom. The van der Waals surface area contributed by atoms with Crippen LogP contribution in [-0.2, 0) is 27.2 Å². The van der Waals surface area contributed by atoms with Gasteiger partial charge in [0.25, 0.3) is 0 Å². The molecular formula is C22H19IrN6-. The van der Waals surface area contributed by atoms with Gasteiger partial charge in [-0.05, 0) is 16.9 Å². The van der Waals surface area contributed by atoms with E-state index in [1.165, 1.54) is 5.56 Å². The fraction of sp³-hybridized carbons (Fsp3) is 0.0909. The summed E-state index contributed by atoms with van der Waals surface area (Å²) in [7, 11) is 2.00. The molecule has 0 aliphatic carbocycles. The van der Waals surface area contributed by atoms with Crippen LogP contribution in [0, 0.1) is 13.0 Å². The summed E-state index contributed by atoms with van der Waals surface area (Å²) < 4.78 is 4.05. The molecule has 0 unspecified atom stereocenters. The summed E-state index contributed by atoms with van der Waals surface area (Å²) in [6.07, 6.45) is 11.0. The molecule has 6 nitrogen and oxygen atoms in total. The summed E-state index contributed by atoms with van der Waals surface area (Å²) >= 11 is 0. The van der Waals surface area contributed by atoms with Crippen LogP contribution in [0.25, 0.3) is 28.2 Å². The van der Waals surface area contributed by atoms with Gasteiger partial charge < -0.3 is 9.97 Å². The maximum Gasteiger partial charge on any atom is 0.163 e. The number of imidazole rings is 2. The van der Waals surface area contributed by atoms with Crippen molar-refractivity contribution in [3.05, 3.63) is 91.4 Å². The molecule has 0 N–H and O–H groups in total. The third kappa shape index (κ3) is 5.02. The van der Waals surface area contributed by atoms with Gasteiger partial charge in [-0.25, -0.2) is 4.57 Å². The molecule has 0 saturated heterocycles. The van der Waals surface area contributed by atoms with Gasteiger partial charge in [-0.1, -0.05) is 31.2 Å². The van der Waals surface area contributed by atoms with Crippen LogP contribution in [0.15, 0.2) is 79.8 Å². The molecule has 7 heteroatoms. The number of aromatic nitrogens is 6. The number of aryl methyl sites for hydroxylation is 2. The molecule has 3 aromatic heterocycles. The van der Waals surface area contributed by atoms with E-state index in [0.717, 1.165) is 16.7 Å². The summed E-state index contributed by atoms with van der Waals surface area (Å²) in [5.74, 6) is 0.629. The molecule has 0 aliphatic heterocycles. The van der Waals surface area contributed by atoms with Gasteiger partial charge in [0.05, 0.1) is 11.9 Å². The second-order valence-electron chi connectivity index (χ2n) is 6.36. The van der Waals surface area contributed by atoms with Crippen LogP contribution >= 0.6 is 0 Å². The summed E-state index contributed by atoms with van der Waals surface area (Å²) in [6, 6.07) is 17.1. The third-order valence-electron chi connectivity index (χ3n) is 4.13. The number of hydrogen-bond acceptors (Lipinski definition) is 3. The molecule has 0 saturated carbocycles. The van der Waals surface area contributed by atoms with Gasteiger partial charge in [-0.2, -0.15) is 17.7 Å². The normalized spacial score (nSPS) is 10.1. The molecule has 0 atom stereocenters. The molecule has 147 valence electrons. The van der Waals surface area contributed by atoms with Crippen LogP contribution in [0.4, 0.5) is 0 Å². The van der Waals surface area contributed by atoms with E-state index in [2.05, 4.69) is 45.1 Å². The van der Waals surface area contributed by atoms with Crippen molar-refractivity contribution in [1.82, 2.24) is 29.1 Å². The number of nitrogens with zero attached hydrogens (tertiary/aromatic N) is 6. The van der Waals surface area contributed by atoms with E-state index in [-0.39, 0.29) is 20.1 Å². The zero-order chi connectivity index (χ0) is 19.3. The Morgan fingerprint density at radius 3 is 2.59 bits per heavy atom. The Morgan fingerprint density at radius 2 is 1.93 bits per heavy atom. The SMILES string of the molecule is Cc1c[c-]c(-n2ccn(C)[cH+]2)cc1.[Ir].c1ccc2[n-]c(-c3cnccn3)nc2c1. The average Bonchev–Trinajstić information content (AvgIpc) is 3.36. The largest absolute Gasteiger partial charge is 0.434 e. The van der Waals surface area contributed by atoms with E-state index in [9.17, 15) is 0 Å². The second kappa shape index (κ2) is 9.36. The Hall–Kier alpha value is -3.15. The Bertz CT molecular complexity index is 1150. The number of para-hydroxylation sites is 2. The Balaban J connectivity index is 0.000000162. The summed E-state index contributed by atoms with van der Waals surface area (Å²) in [5.41, 5.74) is 4.79. The fourth-order valence-electron chi connectivity index (χ4n) is 2.68. The Labute approximate surface area is 182 Å². The van der Waals surface area contributed by atoms with E-state index in [1.54, 1.807) is 18.6 Å². The van der Waals surface area contributed by atoms with Gasteiger partial charge in [0.2, 0.25) is 0 Å². The zero-order valence-corrected chi connectivity index (χ0v) is 18.4. The van der Waals surface area contributed by atoms with Crippen LogP contribution in [0.1, 0.15) is 5.56 Å². The molecule has 0 amide bonds. The van der Waals surface area contributed by atoms with Crippen molar-refractivity contribution in [2.45, 2.75) is 6.92 Å². The maximum absolute atomic E-state index is 4.37. The first-order valence-corrected chi connectivity index (χ1v) is 8.87.